The summed E-state index contributed by atoms with van der Waals surface area (Å²) in [5, 5.41) is 9.77. The van der Waals surface area contributed by atoms with E-state index in [1.54, 1.807) is 14.2 Å². The van der Waals surface area contributed by atoms with Crippen LogP contribution in [0, 0.1) is 23.7 Å². The number of ether oxygens (including phenoxy) is 3. The maximum Gasteiger partial charge on any atom is 0.407 e. The van der Waals surface area contributed by atoms with E-state index in [-0.39, 0.29) is 59.7 Å². The van der Waals surface area contributed by atoms with Crippen LogP contribution >= 0.6 is 0 Å². The zero-order chi connectivity index (χ0) is 44.6. The molecular weight excluding hydrogens is 809 g/mol. The number of amidine groups is 1. The highest BCUT2D eigenvalue weighted by molar-refractivity contribution is 5.96. The van der Waals surface area contributed by atoms with Gasteiger partial charge < -0.3 is 44.9 Å². The first-order valence-corrected chi connectivity index (χ1v) is 23.0. The van der Waals surface area contributed by atoms with Crippen molar-refractivity contribution < 1.29 is 28.6 Å². The zero-order valence-corrected chi connectivity index (χ0v) is 37.6. The molecule has 4 heterocycles. The first-order valence-electron chi connectivity index (χ1n) is 23.0. The van der Waals surface area contributed by atoms with Gasteiger partial charge in [0.25, 0.3) is 5.91 Å². The van der Waals surface area contributed by atoms with E-state index in [1.165, 1.54) is 23.8 Å². The normalized spacial score (nSPS) is 28.6. The highest BCUT2D eigenvalue weighted by Gasteiger charge is 2.46. The van der Waals surface area contributed by atoms with E-state index >= 15 is 0 Å². The van der Waals surface area contributed by atoms with Crippen LogP contribution in [0.3, 0.4) is 0 Å². The largest absolute Gasteiger partial charge is 0.483 e. The quantitative estimate of drug-likeness (QED) is 0.167. The van der Waals surface area contributed by atoms with Crippen LogP contribution in [-0.4, -0.2) is 109 Å². The van der Waals surface area contributed by atoms with Gasteiger partial charge in [0, 0.05) is 49.6 Å². The Morgan fingerprint density at radius 1 is 0.938 bits per heavy atom. The van der Waals surface area contributed by atoms with Gasteiger partial charge in [0.15, 0.2) is 5.88 Å². The molecule has 64 heavy (non-hydrogen) atoms. The van der Waals surface area contributed by atoms with E-state index in [9.17, 15) is 14.4 Å². The van der Waals surface area contributed by atoms with Crippen molar-refractivity contribution in [3.8, 4) is 0 Å². The molecule has 2 aromatic rings. The smallest absolute Gasteiger partial charge is 0.407 e. The number of carbonyl (C=O) groups is 3. The Labute approximate surface area is 376 Å². The van der Waals surface area contributed by atoms with Crippen molar-refractivity contribution in [2.45, 2.75) is 94.5 Å². The standard InChI is InChI=1S/C50H62N8O6/c1-28(2)42(51-29(3)63-5)48(59)58-26-30(27-62-4)23-41(58)47-53-39-21-17-35-25-33(15-19-37(35)45(39)55-47)32-14-18-36-34(24-32)16-20-38-44(36)54-46(52-38)40-13-10-22-57(40)49(60)43(56-50(61)64-6)31-11-8-7-9-12-31/h7-9,11-12,14,16-17,20-21,24-25,28,30,33,36-38,40-44,51H,3,10,13,15,18-19,22-23,26-27H2,1-2,4-6H3,(H,52,54)(H,53,55)(H,56,61)/t30-,33-,36?,37?,38?,40-,41-,42-,43+,44?/m0/s1. The number of carbonyl (C=O) groups excluding carboxylic acids is 3. The topological polar surface area (TPSA) is 163 Å². The van der Waals surface area contributed by atoms with Gasteiger partial charge in [-0.2, -0.15) is 0 Å². The fourth-order valence-electron chi connectivity index (χ4n) is 11.1. The molecule has 0 radical (unpaired) electrons. The van der Waals surface area contributed by atoms with Gasteiger partial charge in [-0.1, -0.05) is 80.6 Å². The van der Waals surface area contributed by atoms with Crippen LogP contribution in [0.4, 0.5) is 4.79 Å². The summed E-state index contributed by atoms with van der Waals surface area (Å²) in [4.78, 5) is 58.6. The van der Waals surface area contributed by atoms with E-state index in [4.69, 9.17) is 24.2 Å². The third kappa shape index (κ3) is 8.32. The summed E-state index contributed by atoms with van der Waals surface area (Å²) >= 11 is 0. The maximum atomic E-state index is 14.2. The minimum Gasteiger partial charge on any atom is -0.483 e. The molecule has 1 aromatic carbocycles. The molecule has 7 aliphatic rings. The van der Waals surface area contributed by atoms with Crippen molar-refractivity contribution in [3.63, 3.8) is 0 Å². The summed E-state index contributed by atoms with van der Waals surface area (Å²) in [5.41, 5.74) is 6.78. The molecule has 0 saturated carbocycles. The Morgan fingerprint density at radius 2 is 1.77 bits per heavy atom. The van der Waals surface area contributed by atoms with Crippen molar-refractivity contribution in [2.75, 3.05) is 41.0 Å². The molecule has 2 fully saturated rings. The van der Waals surface area contributed by atoms with Gasteiger partial charge in [0.1, 0.15) is 23.7 Å². The van der Waals surface area contributed by atoms with Gasteiger partial charge >= 0.3 is 6.09 Å². The molecule has 10 atom stereocenters. The molecule has 14 heteroatoms. The van der Waals surface area contributed by atoms with Gasteiger partial charge in [-0.25, -0.2) is 9.78 Å². The number of aliphatic imine (C=N–C) groups is 1. The molecule has 0 bridgehead atoms. The second-order valence-electron chi connectivity index (χ2n) is 18.6. The number of fused-ring (bicyclic) bond motifs is 6. The number of aromatic amines is 1. The average Bonchev–Trinajstić information content (AvgIpc) is 4.15. The summed E-state index contributed by atoms with van der Waals surface area (Å²) in [6.07, 6.45) is 20.8. The molecule has 1 aromatic heterocycles. The van der Waals surface area contributed by atoms with Crippen LogP contribution in [0.25, 0.3) is 6.08 Å². The number of allylic oxidation sites excluding steroid dienone is 7. The molecule has 0 spiro atoms. The van der Waals surface area contributed by atoms with Crippen molar-refractivity contribution in [2.24, 2.45) is 28.7 Å². The zero-order valence-electron chi connectivity index (χ0n) is 37.6. The minimum atomic E-state index is -0.855. The van der Waals surface area contributed by atoms with E-state index in [2.05, 4.69) is 70.0 Å². The third-order valence-corrected chi connectivity index (χ3v) is 14.4. The first-order chi connectivity index (χ1) is 31.0. The van der Waals surface area contributed by atoms with Crippen LogP contribution in [0.15, 0.2) is 101 Å². The summed E-state index contributed by atoms with van der Waals surface area (Å²) in [6.45, 7) is 9.75. The molecule has 4 N–H and O–H groups in total. The molecule has 2 saturated heterocycles. The number of nitrogens with zero attached hydrogens (tertiary/aromatic N) is 4. The number of amides is 3. The molecular formula is C50H62N8O6. The lowest BCUT2D eigenvalue weighted by Gasteiger charge is -2.36. The van der Waals surface area contributed by atoms with E-state index in [0.717, 1.165) is 61.6 Å². The number of benzene rings is 1. The minimum absolute atomic E-state index is 0.00884. The predicted molar refractivity (Wildman–Crippen MR) is 245 cm³/mol. The van der Waals surface area contributed by atoms with Crippen LogP contribution < -0.4 is 16.0 Å². The molecule has 14 nitrogen and oxygen atoms in total. The number of alkyl carbamates (subject to hydrolysis) is 1. The van der Waals surface area contributed by atoms with E-state index in [0.29, 0.717) is 37.1 Å². The number of likely N-dealkylation sites (tertiary alicyclic amines) is 2. The number of imidazole rings is 1. The number of H-pyrrole nitrogens is 1. The fraction of sp³-hybridized carbons (Fsp3) is 0.500. The monoisotopic (exact) mass is 870 g/mol. The Balaban J connectivity index is 0.868. The molecule has 9 rings (SSSR count). The number of rotatable bonds is 13. The summed E-state index contributed by atoms with van der Waals surface area (Å²) < 4.78 is 15.8. The molecule has 4 unspecified atom stereocenters. The average molecular weight is 871 g/mol. The second kappa shape index (κ2) is 18.3. The third-order valence-electron chi connectivity index (χ3n) is 14.4. The highest BCUT2D eigenvalue weighted by Crippen LogP contribution is 2.46. The van der Waals surface area contributed by atoms with Gasteiger partial charge in [0.05, 0.1) is 50.7 Å². The van der Waals surface area contributed by atoms with Crippen LogP contribution in [0.2, 0.25) is 0 Å². The lowest BCUT2D eigenvalue weighted by atomic mass is 9.71. The fourth-order valence-corrected chi connectivity index (χ4v) is 11.1. The molecule has 3 amide bonds. The van der Waals surface area contributed by atoms with Crippen molar-refractivity contribution >= 4 is 29.8 Å². The van der Waals surface area contributed by atoms with Crippen LogP contribution in [0.1, 0.15) is 93.1 Å². The summed E-state index contributed by atoms with van der Waals surface area (Å²) in [5.74, 6) is 2.91. The Hall–Kier alpha value is -5.89. The number of methoxy groups -OCH3 is 3. The Morgan fingerprint density at radius 3 is 2.53 bits per heavy atom. The molecule has 338 valence electrons. The van der Waals surface area contributed by atoms with Crippen molar-refractivity contribution in [3.05, 3.63) is 119 Å². The number of hydrogen-bond acceptors (Lipinski definition) is 10. The molecule has 3 aliphatic heterocycles. The Bertz CT molecular complexity index is 2330. The van der Waals surface area contributed by atoms with Crippen LogP contribution in [0.5, 0.6) is 0 Å². The SMILES string of the molecule is C=C(N[C@H](C(=O)N1C[C@@H](COC)C[C@H]1c1nc2c([nH]1)C1CC[C@H](C3=CCC4C(=C3)C=CC3N=C([C@@H]5CCCN5C(=O)[C@H](NC(=O)OC)c5ccccc5)NC34)C=C1C=C2)C(C)C)OC. The van der Waals surface area contributed by atoms with Gasteiger partial charge in [-0.3, -0.25) is 14.6 Å². The van der Waals surface area contributed by atoms with E-state index < -0.39 is 18.2 Å². The second-order valence-corrected chi connectivity index (χ2v) is 18.6. The lowest BCUT2D eigenvalue weighted by molar-refractivity contribution is -0.136. The number of hydrogen-bond donors (Lipinski definition) is 4. The predicted octanol–water partition coefficient (Wildman–Crippen LogP) is 6.39. The van der Waals surface area contributed by atoms with Crippen LogP contribution in [-0.2, 0) is 23.8 Å². The lowest BCUT2D eigenvalue weighted by Crippen LogP contribution is -2.51. The Kier molecular flexibility index (Phi) is 12.4. The number of aromatic nitrogens is 2. The first kappa shape index (κ1) is 43.4. The summed E-state index contributed by atoms with van der Waals surface area (Å²) in [7, 11) is 4.57. The van der Waals surface area contributed by atoms with E-state index in [1.807, 2.05) is 54.0 Å². The molecule has 4 aliphatic carbocycles. The number of nitrogens with one attached hydrogen (secondary N) is 4. The maximum absolute atomic E-state index is 14.2. The van der Waals surface area contributed by atoms with Crippen molar-refractivity contribution in [1.29, 1.82) is 0 Å². The van der Waals surface area contributed by atoms with Gasteiger partial charge in [0.2, 0.25) is 5.91 Å². The van der Waals surface area contributed by atoms with Crippen molar-refractivity contribution in [1.82, 2.24) is 35.7 Å². The summed E-state index contributed by atoms with van der Waals surface area (Å²) in [6, 6.07) is 7.71. The van der Waals surface area contributed by atoms with Gasteiger partial charge in [-0.05, 0) is 79.4 Å². The highest BCUT2D eigenvalue weighted by atomic mass is 16.5. The van der Waals surface area contributed by atoms with Gasteiger partial charge in [-0.15, -0.1) is 0 Å².